The van der Waals surface area contributed by atoms with Crippen LogP contribution in [-0.4, -0.2) is 17.3 Å². The quantitative estimate of drug-likeness (QED) is 0.851. The molecule has 1 aromatic carbocycles. The minimum atomic E-state index is 0.278. The molecule has 0 atom stereocenters. The van der Waals surface area contributed by atoms with Crippen LogP contribution >= 0.6 is 11.6 Å². The zero-order valence-corrected chi connectivity index (χ0v) is 9.90. The van der Waals surface area contributed by atoms with E-state index in [2.05, 4.69) is 10.2 Å². The molecule has 88 valence electrons. The minimum Gasteiger partial charge on any atom is -0.496 e. The monoisotopic (exact) mass is 250 g/mol. The van der Waals surface area contributed by atoms with E-state index in [4.69, 9.17) is 27.8 Å². The number of benzene rings is 1. The highest BCUT2D eigenvalue weighted by Gasteiger charge is 2.11. The average Bonchev–Trinajstić information content (AvgIpc) is 2.32. The topological polar surface area (TPSA) is 87.0 Å². The second kappa shape index (κ2) is 4.47. The fourth-order valence-corrected chi connectivity index (χ4v) is 1.69. The summed E-state index contributed by atoms with van der Waals surface area (Å²) in [5.74, 6) is 1.21. The highest BCUT2D eigenvalue weighted by atomic mass is 35.5. The van der Waals surface area contributed by atoms with Crippen LogP contribution in [0, 0.1) is 0 Å². The van der Waals surface area contributed by atoms with Gasteiger partial charge >= 0.3 is 0 Å². The van der Waals surface area contributed by atoms with Crippen molar-refractivity contribution in [3.8, 4) is 16.9 Å². The molecule has 0 saturated carbocycles. The molecule has 6 heteroatoms. The molecule has 0 aliphatic rings. The highest BCUT2D eigenvalue weighted by molar-refractivity contribution is 6.31. The van der Waals surface area contributed by atoms with Gasteiger partial charge in [-0.2, -0.15) is 0 Å². The molecule has 0 aliphatic heterocycles. The number of hydrogen-bond donors (Lipinski definition) is 2. The molecule has 1 heterocycles. The molecule has 4 N–H and O–H groups in total. The van der Waals surface area contributed by atoms with E-state index in [1.807, 2.05) is 0 Å². The maximum atomic E-state index is 5.95. The van der Waals surface area contributed by atoms with Crippen LogP contribution in [0.25, 0.3) is 11.1 Å². The molecule has 2 aromatic rings. The van der Waals surface area contributed by atoms with E-state index in [0.29, 0.717) is 16.3 Å². The lowest BCUT2D eigenvalue weighted by Gasteiger charge is -2.10. The number of ether oxygens (including phenoxy) is 1. The summed E-state index contributed by atoms with van der Waals surface area (Å²) in [5.41, 5.74) is 12.7. The molecule has 0 spiro atoms. The maximum absolute atomic E-state index is 5.95. The van der Waals surface area contributed by atoms with Gasteiger partial charge in [0.1, 0.15) is 11.6 Å². The SMILES string of the molecule is COc1ccc(Cl)cc1-c1cc(N)nnc1N. The largest absolute Gasteiger partial charge is 0.496 e. The Morgan fingerprint density at radius 1 is 1.12 bits per heavy atom. The fraction of sp³-hybridized carbons (Fsp3) is 0.0909. The predicted octanol–water partition coefficient (Wildman–Crippen LogP) is 1.97. The molecule has 0 fully saturated rings. The first kappa shape index (κ1) is 11.5. The standard InChI is InChI=1S/C11H11ClN4O/c1-17-9-3-2-6(12)4-7(9)8-5-10(13)15-16-11(8)14/h2-5H,1H3,(H2,13,15)(H2,14,16). The summed E-state index contributed by atoms with van der Waals surface area (Å²) in [6, 6.07) is 6.87. The number of halogens is 1. The van der Waals surface area contributed by atoms with E-state index >= 15 is 0 Å². The Morgan fingerprint density at radius 3 is 2.59 bits per heavy atom. The van der Waals surface area contributed by atoms with Crippen molar-refractivity contribution in [1.29, 1.82) is 0 Å². The van der Waals surface area contributed by atoms with Gasteiger partial charge in [0.2, 0.25) is 0 Å². The summed E-state index contributed by atoms with van der Waals surface area (Å²) in [7, 11) is 1.57. The second-order valence-corrected chi connectivity index (χ2v) is 3.85. The Morgan fingerprint density at radius 2 is 1.88 bits per heavy atom. The molecule has 2 rings (SSSR count). The van der Waals surface area contributed by atoms with Crippen LogP contribution in [0.3, 0.4) is 0 Å². The molecule has 0 saturated heterocycles. The Labute approximate surface area is 103 Å². The number of methoxy groups -OCH3 is 1. The summed E-state index contributed by atoms with van der Waals surface area (Å²) in [6.45, 7) is 0. The molecule has 5 nitrogen and oxygen atoms in total. The third-order valence-electron chi connectivity index (χ3n) is 2.29. The van der Waals surface area contributed by atoms with E-state index < -0.39 is 0 Å². The molecule has 1 aromatic heterocycles. The summed E-state index contributed by atoms with van der Waals surface area (Å²) < 4.78 is 5.25. The van der Waals surface area contributed by atoms with Gasteiger partial charge in [-0.3, -0.25) is 0 Å². The first-order chi connectivity index (χ1) is 8.11. The second-order valence-electron chi connectivity index (χ2n) is 3.41. The van der Waals surface area contributed by atoms with Gasteiger partial charge in [-0.1, -0.05) is 11.6 Å². The summed E-state index contributed by atoms with van der Waals surface area (Å²) in [4.78, 5) is 0. The molecule has 0 unspecified atom stereocenters. The van der Waals surface area contributed by atoms with E-state index in [1.54, 1.807) is 31.4 Å². The third kappa shape index (κ3) is 2.24. The van der Waals surface area contributed by atoms with Crippen LogP contribution in [-0.2, 0) is 0 Å². The Hall–Kier alpha value is -2.01. The van der Waals surface area contributed by atoms with Crippen molar-refractivity contribution in [2.45, 2.75) is 0 Å². The van der Waals surface area contributed by atoms with Gasteiger partial charge < -0.3 is 16.2 Å². The van der Waals surface area contributed by atoms with Gasteiger partial charge in [-0.25, -0.2) is 0 Å². The van der Waals surface area contributed by atoms with Gasteiger partial charge in [0.05, 0.1) is 7.11 Å². The van der Waals surface area contributed by atoms with Crippen molar-refractivity contribution >= 4 is 23.2 Å². The number of nitrogens with zero attached hydrogens (tertiary/aromatic N) is 2. The van der Waals surface area contributed by atoms with E-state index in [0.717, 1.165) is 5.56 Å². The zero-order chi connectivity index (χ0) is 12.4. The first-order valence-corrected chi connectivity index (χ1v) is 5.22. The lowest BCUT2D eigenvalue weighted by Crippen LogP contribution is -2.01. The van der Waals surface area contributed by atoms with Crippen LogP contribution in [0.1, 0.15) is 0 Å². The predicted molar refractivity (Wildman–Crippen MR) is 67.9 cm³/mol. The summed E-state index contributed by atoms with van der Waals surface area (Å²) in [5, 5.41) is 8.02. The van der Waals surface area contributed by atoms with Crippen LogP contribution < -0.4 is 16.2 Å². The lowest BCUT2D eigenvalue weighted by atomic mass is 10.1. The third-order valence-corrected chi connectivity index (χ3v) is 2.53. The van der Waals surface area contributed by atoms with Crippen molar-refractivity contribution in [3.05, 3.63) is 29.3 Å². The number of anilines is 2. The summed E-state index contributed by atoms with van der Waals surface area (Å²) >= 11 is 5.95. The molecule has 0 bridgehead atoms. The maximum Gasteiger partial charge on any atom is 0.154 e. The molecular formula is C11H11ClN4O. The highest BCUT2D eigenvalue weighted by Crippen LogP contribution is 2.35. The van der Waals surface area contributed by atoms with E-state index in [1.165, 1.54) is 0 Å². The fourth-order valence-electron chi connectivity index (χ4n) is 1.52. The van der Waals surface area contributed by atoms with Gasteiger partial charge in [-0.15, -0.1) is 10.2 Å². The molecule has 0 aliphatic carbocycles. The van der Waals surface area contributed by atoms with Crippen molar-refractivity contribution < 1.29 is 4.74 Å². The van der Waals surface area contributed by atoms with Gasteiger partial charge in [-0.05, 0) is 24.3 Å². The van der Waals surface area contributed by atoms with Gasteiger partial charge in [0.25, 0.3) is 0 Å². The average molecular weight is 251 g/mol. The van der Waals surface area contributed by atoms with Crippen molar-refractivity contribution in [2.24, 2.45) is 0 Å². The van der Waals surface area contributed by atoms with Crippen molar-refractivity contribution in [3.63, 3.8) is 0 Å². The Balaban J connectivity index is 2.66. The number of hydrogen-bond acceptors (Lipinski definition) is 5. The van der Waals surface area contributed by atoms with E-state index in [-0.39, 0.29) is 11.6 Å². The molecule has 0 amide bonds. The van der Waals surface area contributed by atoms with Crippen molar-refractivity contribution in [2.75, 3.05) is 18.6 Å². The van der Waals surface area contributed by atoms with Gasteiger partial charge in [0, 0.05) is 16.1 Å². The number of rotatable bonds is 2. The van der Waals surface area contributed by atoms with Crippen LogP contribution in [0.15, 0.2) is 24.3 Å². The number of nitrogen functional groups attached to an aromatic ring is 2. The van der Waals surface area contributed by atoms with Crippen LogP contribution in [0.2, 0.25) is 5.02 Å². The van der Waals surface area contributed by atoms with Crippen LogP contribution in [0.5, 0.6) is 5.75 Å². The molecule has 17 heavy (non-hydrogen) atoms. The van der Waals surface area contributed by atoms with Gasteiger partial charge in [0.15, 0.2) is 5.82 Å². The van der Waals surface area contributed by atoms with Crippen LogP contribution in [0.4, 0.5) is 11.6 Å². The smallest absolute Gasteiger partial charge is 0.154 e. The molecular weight excluding hydrogens is 240 g/mol. The normalized spacial score (nSPS) is 10.2. The van der Waals surface area contributed by atoms with E-state index in [9.17, 15) is 0 Å². The number of aromatic nitrogens is 2. The summed E-state index contributed by atoms with van der Waals surface area (Å²) in [6.07, 6.45) is 0. The zero-order valence-electron chi connectivity index (χ0n) is 9.14. The number of nitrogens with two attached hydrogens (primary N) is 2. The minimum absolute atomic E-state index is 0.278. The molecule has 0 radical (unpaired) electrons. The lowest BCUT2D eigenvalue weighted by molar-refractivity contribution is 0.416. The first-order valence-electron chi connectivity index (χ1n) is 4.84. The Kier molecular flexibility index (Phi) is 3.01. The van der Waals surface area contributed by atoms with Crippen molar-refractivity contribution in [1.82, 2.24) is 10.2 Å². The Bertz CT molecular complexity index is 559.